The number of aliphatic hydroxyl groups is 3. The lowest BCUT2D eigenvalue weighted by Crippen LogP contribution is -2.73. The van der Waals surface area contributed by atoms with E-state index >= 15 is 0 Å². The number of furan rings is 1. The molecule has 3 heterocycles. The number of ketones is 1. The zero-order valence-corrected chi connectivity index (χ0v) is 22.6. The van der Waals surface area contributed by atoms with Gasteiger partial charge in [0.25, 0.3) is 0 Å². The van der Waals surface area contributed by atoms with E-state index in [2.05, 4.69) is 0 Å². The number of rotatable bonds is 4. The Morgan fingerprint density at radius 1 is 1.18 bits per heavy atom. The van der Waals surface area contributed by atoms with Crippen LogP contribution < -0.4 is 0 Å². The second kappa shape index (κ2) is 6.94. The normalized spacial score (nSPS) is 55.3. The summed E-state index contributed by atoms with van der Waals surface area (Å²) >= 11 is 0. The van der Waals surface area contributed by atoms with Gasteiger partial charge in [-0.15, -0.1) is 0 Å². The molecule has 0 unspecified atom stereocenters. The van der Waals surface area contributed by atoms with Crippen LogP contribution in [0.5, 0.6) is 0 Å². The molecule has 0 aromatic carbocycles. The lowest BCUT2D eigenvalue weighted by Gasteiger charge is -2.63. The Bertz CT molecular complexity index is 1310. The van der Waals surface area contributed by atoms with Crippen molar-refractivity contribution in [3.8, 4) is 0 Å². The van der Waals surface area contributed by atoms with Crippen molar-refractivity contribution in [2.45, 2.75) is 81.3 Å². The van der Waals surface area contributed by atoms with Gasteiger partial charge >= 0.3 is 11.9 Å². The molecule has 39 heavy (non-hydrogen) atoms. The highest BCUT2D eigenvalue weighted by atomic mass is 16.7. The molecule has 11 heteroatoms. The Morgan fingerprint density at radius 3 is 2.51 bits per heavy atom. The molecule has 1 aromatic rings. The highest BCUT2D eigenvalue weighted by molar-refractivity contribution is 5.97. The topological polar surface area (TPSA) is 162 Å². The van der Waals surface area contributed by atoms with Gasteiger partial charge in [0.15, 0.2) is 11.9 Å². The van der Waals surface area contributed by atoms with E-state index < -0.39 is 86.5 Å². The van der Waals surface area contributed by atoms with Gasteiger partial charge in [-0.2, -0.15) is 0 Å². The summed E-state index contributed by atoms with van der Waals surface area (Å²) in [5, 5.41) is 37.3. The number of cyclic esters (lactones) is 1. The Kier molecular flexibility index (Phi) is 4.56. The Hall–Kier alpha value is -2.31. The van der Waals surface area contributed by atoms with Crippen molar-refractivity contribution in [3.63, 3.8) is 0 Å². The van der Waals surface area contributed by atoms with Crippen molar-refractivity contribution in [2.75, 3.05) is 14.2 Å². The molecule has 2 aliphatic heterocycles. The summed E-state index contributed by atoms with van der Waals surface area (Å²) in [4.78, 5) is 40.7. The van der Waals surface area contributed by atoms with Crippen LogP contribution in [-0.4, -0.2) is 76.0 Å². The summed E-state index contributed by atoms with van der Waals surface area (Å²) < 4.78 is 28.8. The second-order valence-electron chi connectivity index (χ2n) is 13.2. The minimum absolute atomic E-state index is 0.117. The first kappa shape index (κ1) is 25.6. The third-order valence-electron chi connectivity index (χ3n) is 12.3. The Balaban J connectivity index is 1.54. The predicted octanol–water partition coefficient (Wildman–Crippen LogP) is 1.04. The molecule has 2 bridgehead atoms. The number of hydrogen-bond donors (Lipinski definition) is 3. The molecule has 6 aliphatic rings. The van der Waals surface area contributed by atoms with Gasteiger partial charge < -0.3 is 38.7 Å². The number of carbonyl (C=O) groups is 3. The van der Waals surface area contributed by atoms with Crippen molar-refractivity contribution in [1.29, 1.82) is 0 Å². The summed E-state index contributed by atoms with van der Waals surface area (Å²) in [5.74, 6) is -7.45. The molecule has 3 N–H and O–H groups in total. The highest BCUT2D eigenvalue weighted by Gasteiger charge is 2.99. The van der Waals surface area contributed by atoms with Gasteiger partial charge in [-0.05, 0) is 31.2 Å². The third kappa shape index (κ3) is 2.20. The summed E-state index contributed by atoms with van der Waals surface area (Å²) in [7, 11) is 2.43. The smallest absolute Gasteiger partial charge is 0.335 e. The van der Waals surface area contributed by atoms with Gasteiger partial charge in [0.05, 0.1) is 37.6 Å². The van der Waals surface area contributed by atoms with E-state index in [9.17, 15) is 29.7 Å². The number of ether oxygens (including phenoxy) is 4. The van der Waals surface area contributed by atoms with E-state index in [1.807, 2.05) is 6.92 Å². The predicted molar refractivity (Wildman–Crippen MR) is 127 cm³/mol. The van der Waals surface area contributed by atoms with E-state index in [-0.39, 0.29) is 12.8 Å². The number of fused-ring (bicyclic) bond motifs is 2. The number of Topliss-reactive ketones (excluding diaryl/α,β-unsaturated/α-hetero) is 1. The molecule has 4 saturated carbocycles. The Labute approximate surface area is 224 Å². The molecule has 11 nitrogen and oxygen atoms in total. The van der Waals surface area contributed by atoms with Crippen LogP contribution >= 0.6 is 0 Å². The molecule has 7 rings (SSSR count). The first-order valence-electron chi connectivity index (χ1n) is 13.4. The summed E-state index contributed by atoms with van der Waals surface area (Å²) in [6.07, 6.45) is 0.562. The van der Waals surface area contributed by atoms with Crippen LogP contribution in [-0.2, 0) is 33.3 Å². The van der Waals surface area contributed by atoms with E-state index in [0.29, 0.717) is 18.4 Å². The van der Waals surface area contributed by atoms with Gasteiger partial charge in [-0.25, -0.2) is 4.79 Å². The quantitative estimate of drug-likeness (QED) is 0.463. The zero-order chi connectivity index (χ0) is 28.2. The molecule has 4 aliphatic carbocycles. The second-order valence-corrected chi connectivity index (χ2v) is 13.2. The monoisotopic (exact) mass is 546 g/mol. The Morgan fingerprint density at radius 2 is 1.90 bits per heavy atom. The molecule has 1 aromatic heterocycles. The average Bonchev–Trinajstić information content (AvgIpc) is 3.56. The van der Waals surface area contributed by atoms with Gasteiger partial charge in [0.1, 0.15) is 17.3 Å². The van der Waals surface area contributed by atoms with Crippen molar-refractivity contribution >= 4 is 17.7 Å². The molecule has 1 spiro atoms. The highest BCUT2D eigenvalue weighted by Crippen LogP contribution is 2.87. The maximum absolute atomic E-state index is 14.6. The maximum atomic E-state index is 14.6. The SMILES string of the molecule is COC(=O)[C@@H](O)[C@@H]1[C@]2(C)[C@H]3CC[C@@]4(C)[C@H](c5ccoc5)OC(=O)C[C@@]45O[C@@]4(OC)C(=O)[C@]1(C)C[C@]2(O)[C@H]4[C@@]35O. The van der Waals surface area contributed by atoms with Crippen LogP contribution in [0.4, 0.5) is 0 Å². The average molecular weight is 547 g/mol. The van der Waals surface area contributed by atoms with E-state index in [1.165, 1.54) is 19.6 Å². The van der Waals surface area contributed by atoms with Crippen LogP contribution in [0.1, 0.15) is 58.1 Å². The molecule has 6 fully saturated rings. The van der Waals surface area contributed by atoms with Crippen LogP contribution in [0, 0.1) is 34.0 Å². The summed E-state index contributed by atoms with van der Waals surface area (Å²) in [6, 6.07) is 1.69. The molecular formula is C28H34O11. The molecule has 2 saturated heterocycles. The van der Waals surface area contributed by atoms with Gasteiger partial charge in [-0.1, -0.05) is 20.8 Å². The van der Waals surface area contributed by atoms with Crippen LogP contribution in [0.15, 0.2) is 23.0 Å². The number of aliphatic hydroxyl groups excluding tert-OH is 1. The van der Waals surface area contributed by atoms with E-state index in [0.717, 1.165) is 7.11 Å². The number of hydrogen-bond acceptors (Lipinski definition) is 11. The van der Waals surface area contributed by atoms with Crippen molar-refractivity contribution in [2.24, 2.45) is 34.0 Å². The standard InChI is InChI=1S/C28H34O11/c1-22-12-25(33)20-27(34)14(24(25,3)17(22)16(30)19(31)35-4)6-8-23(2)18(13-7-9-37-11-13)38-15(29)10-26(23,27)39-28(20,36-5)21(22)32/h7,9,11,14,16-18,20,30,33-34H,6,8,10,12H2,1-5H3/t14-,16+,17+,18+,20+,22-,23+,24+,25+,26-,27+,28-/m1/s1. The lowest BCUT2D eigenvalue weighted by molar-refractivity contribution is -0.329. The van der Waals surface area contributed by atoms with Gasteiger partial charge in [0, 0.05) is 34.8 Å². The minimum Gasteiger partial charge on any atom is -0.472 e. The van der Waals surface area contributed by atoms with Gasteiger partial charge in [0.2, 0.25) is 5.79 Å². The van der Waals surface area contributed by atoms with Crippen LogP contribution in [0.3, 0.4) is 0 Å². The molecule has 212 valence electrons. The molecular weight excluding hydrogens is 512 g/mol. The summed E-state index contributed by atoms with van der Waals surface area (Å²) in [5.41, 5.74) is -8.71. The van der Waals surface area contributed by atoms with Crippen molar-refractivity contribution in [3.05, 3.63) is 24.2 Å². The maximum Gasteiger partial charge on any atom is 0.335 e. The van der Waals surface area contributed by atoms with Crippen LogP contribution in [0.2, 0.25) is 0 Å². The van der Waals surface area contributed by atoms with E-state index in [1.54, 1.807) is 19.9 Å². The fourth-order valence-corrected chi connectivity index (χ4v) is 11.1. The van der Waals surface area contributed by atoms with E-state index in [4.69, 9.17) is 23.4 Å². The first-order valence-corrected chi connectivity index (χ1v) is 13.4. The van der Waals surface area contributed by atoms with Crippen molar-refractivity contribution in [1.82, 2.24) is 0 Å². The molecule has 0 amide bonds. The van der Waals surface area contributed by atoms with Crippen molar-refractivity contribution < 1.29 is 53.1 Å². The minimum atomic E-state index is -2.14. The van der Waals surface area contributed by atoms with Crippen LogP contribution in [0.25, 0.3) is 0 Å². The van der Waals surface area contributed by atoms with Gasteiger partial charge in [-0.3, -0.25) is 9.59 Å². The molecule has 0 radical (unpaired) electrons. The fraction of sp³-hybridized carbons (Fsp3) is 0.750. The number of methoxy groups -OCH3 is 2. The summed E-state index contributed by atoms with van der Waals surface area (Å²) in [6.45, 7) is 5.21. The number of esters is 2. The fourth-order valence-electron chi connectivity index (χ4n) is 11.1. The lowest BCUT2D eigenvalue weighted by atomic mass is 9.45. The number of carbonyl (C=O) groups excluding carboxylic acids is 3. The third-order valence-corrected chi connectivity index (χ3v) is 12.3. The largest absolute Gasteiger partial charge is 0.472 e. The first-order chi connectivity index (χ1) is 18.2. The zero-order valence-electron chi connectivity index (χ0n) is 22.6. The molecule has 12 atom stereocenters.